The Hall–Kier alpha value is -3.31. The van der Waals surface area contributed by atoms with Crippen LogP contribution >= 0.6 is 0 Å². The second-order valence-electron chi connectivity index (χ2n) is 9.22. The highest BCUT2D eigenvalue weighted by atomic mass is 16.7. The Balaban J connectivity index is 1.63. The number of carbonyl (C=O) groups is 2. The highest BCUT2D eigenvalue weighted by Crippen LogP contribution is 2.47. The van der Waals surface area contributed by atoms with Gasteiger partial charge in [-0.2, -0.15) is 0 Å². The number of carbonyl (C=O) groups excluding carboxylic acids is 1. The molecule has 0 radical (unpaired) electrons. The van der Waals surface area contributed by atoms with Crippen molar-refractivity contribution in [1.29, 1.82) is 0 Å². The van der Waals surface area contributed by atoms with Gasteiger partial charge in [0.2, 0.25) is 12.5 Å². The number of fused-ring (bicyclic) bond motifs is 1. The monoisotopic (exact) mass is 517 g/mol. The fraction of sp³-hybridized carbons (Fsp3) is 0.577. The number of rotatable bonds is 13. The van der Waals surface area contributed by atoms with Crippen LogP contribution in [-0.4, -0.2) is 78.1 Å². The minimum atomic E-state index is -0.929. The number of ether oxygens (including phenoxy) is 3. The van der Waals surface area contributed by atoms with Crippen LogP contribution in [0.1, 0.15) is 50.5 Å². The van der Waals surface area contributed by atoms with Gasteiger partial charge in [-0.3, -0.25) is 19.3 Å². The highest BCUT2D eigenvalue weighted by molar-refractivity contribution is 5.78. The van der Waals surface area contributed by atoms with E-state index < -0.39 is 23.8 Å². The lowest BCUT2D eigenvalue weighted by Gasteiger charge is -2.28. The number of hydrogen-bond donors (Lipinski definition) is 1. The fourth-order valence-corrected chi connectivity index (χ4v) is 5.12. The molecular weight excluding hydrogens is 482 g/mol. The lowest BCUT2D eigenvalue weighted by molar-refractivity contribution is -0.188. The van der Waals surface area contributed by atoms with E-state index in [0.29, 0.717) is 55.7 Å². The van der Waals surface area contributed by atoms with Crippen molar-refractivity contribution >= 4 is 11.9 Å². The fourth-order valence-electron chi connectivity index (χ4n) is 5.12. The summed E-state index contributed by atoms with van der Waals surface area (Å²) >= 11 is 0. The van der Waals surface area contributed by atoms with Crippen molar-refractivity contribution in [1.82, 2.24) is 14.9 Å². The summed E-state index contributed by atoms with van der Waals surface area (Å²) in [6.45, 7) is 5.36. The summed E-state index contributed by atoms with van der Waals surface area (Å²) < 4.78 is 22.0. The molecule has 0 bridgehead atoms. The van der Waals surface area contributed by atoms with Crippen molar-refractivity contribution in [3.05, 3.63) is 36.0 Å². The molecule has 4 rings (SSSR count). The SMILES string of the molecule is CCCON(CCC)C(=O)CN1CC(c2cc(OC)c3c(c2)OCO3)C(C(=O)O)C1CCc1ncco1. The summed E-state index contributed by atoms with van der Waals surface area (Å²) in [5, 5.41) is 11.8. The zero-order valence-electron chi connectivity index (χ0n) is 21.6. The van der Waals surface area contributed by atoms with E-state index in [4.69, 9.17) is 23.5 Å². The standard InChI is InChI=1S/C26H35N3O8/c1-4-9-29(37-10-5-2)23(30)15-28-14-18(17-12-20(33-3)25-21(13-17)35-16-36-25)24(26(31)32)19(28)6-7-22-27-8-11-34-22/h8,11-13,18-19,24H,4-7,9-10,14-16H2,1-3H3,(H,31,32). The van der Waals surface area contributed by atoms with Crippen molar-refractivity contribution in [2.24, 2.45) is 5.92 Å². The summed E-state index contributed by atoms with van der Waals surface area (Å²) in [7, 11) is 1.53. The van der Waals surface area contributed by atoms with E-state index in [1.807, 2.05) is 24.8 Å². The first-order valence-corrected chi connectivity index (χ1v) is 12.7. The Morgan fingerprint density at radius 1 is 1.24 bits per heavy atom. The summed E-state index contributed by atoms with van der Waals surface area (Å²) in [5.41, 5.74) is 0.761. The van der Waals surface area contributed by atoms with E-state index >= 15 is 0 Å². The number of likely N-dealkylation sites (tertiary alicyclic amines) is 1. The van der Waals surface area contributed by atoms with Crippen molar-refractivity contribution in [2.45, 2.75) is 51.5 Å². The Labute approximate surface area is 216 Å². The van der Waals surface area contributed by atoms with Crippen LogP contribution in [0.15, 0.2) is 29.0 Å². The van der Waals surface area contributed by atoms with Crippen molar-refractivity contribution in [3.8, 4) is 17.2 Å². The molecule has 2 aromatic rings. The van der Waals surface area contributed by atoms with Crippen LogP contribution in [0.3, 0.4) is 0 Å². The van der Waals surface area contributed by atoms with E-state index in [0.717, 1.165) is 18.4 Å². The van der Waals surface area contributed by atoms with E-state index in [2.05, 4.69) is 4.98 Å². The van der Waals surface area contributed by atoms with Crippen LogP contribution in [0, 0.1) is 5.92 Å². The third-order valence-electron chi connectivity index (χ3n) is 6.77. The zero-order chi connectivity index (χ0) is 26.4. The number of carboxylic acid groups (broad SMARTS) is 1. The maximum absolute atomic E-state index is 13.3. The third kappa shape index (κ3) is 5.99. The van der Waals surface area contributed by atoms with Gasteiger partial charge in [0.05, 0.1) is 32.4 Å². The Morgan fingerprint density at radius 3 is 2.76 bits per heavy atom. The second kappa shape index (κ2) is 12.3. The zero-order valence-corrected chi connectivity index (χ0v) is 21.6. The molecule has 3 heterocycles. The molecule has 1 fully saturated rings. The number of aryl methyl sites for hydroxylation is 1. The number of carboxylic acids is 1. The van der Waals surface area contributed by atoms with Gasteiger partial charge in [0.25, 0.3) is 5.91 Å². The molecular formula is C26H35N3O8. The number of aliphatic carboxylic acids is 1. The van der Waals surface area contributed by atoms with Crippen LogP contribution in [0.25, 0.3) is 0 Å². The van der Waals surface area contributed by atoms with Gasteiger partial charge >= 0.3 is 5.97 Å². The second-order valence-corrected chi connectivity index (χ2v) is 9.22. The number of oxazole rings is 1. The van der Waals surface area contributed by atoms with Crippen LogP contribution in [0.5, 0.6) is 17.2 Å². The first-order valence-electron chi connectivity index (χ1n) is 12.7. The molecule has 3 unspecified atom stereocenters. The molecule has 11 nitrogen and oxygen atoms in total. The van der Waals surface area contributed by atoms with Gasteiger partial charge in [0.1, 0.15) is 6.26 Å². The Morgan fingerprint density at radius 2 is 2.08 bits per heavy atom. The van der Waals surface area contributed by atoms with Crippen molar-refractivity contribution in [2.75, 3.05) is 40.1 Å². The van der Waals surface area contributed by atoms with E-state index in [1.165, 1.54) is 18.4 Å². The molecule has 1 amide bonds. The van der Waals surface area contributed by atoms with Gasteiger partial charge < -0.3 is 23.7 Å². The Bertz CT molecular complexity index is 1060. The van der Waals surface area contributed by atoms with Crippen LogP contribution in [0.2, 0.25) is 0 Å². The number of hydroxylamine groups is 2. The maximum Gasteiger partial charge on any atom is 0.308 e. The third-order valence-corrected chi connectivity index (χ3v) is 6.77. The van der Waals surface area contributed by atoms with Gasteiger partial charge in [-0.15, -0.1) is 0 Å². The average molecular weight is 518 g/mol. The minimum Gasteiger partial charge on any atom is -0.493 e. The molecule has 3 atom stereocenters. The van der Waals surface area contributed by atoms with Crippen molar-refractivity contribution < 1.29 is 38.2 Å². The molecule has 202 valence electrons. The number of benzene rings is 1. The smallest absolute Gasteiger partial charge is 0.308 e. The van der Waals surface area contributed by atoms with Crippen LogP contribution in [-0.2, 0) is 20.8 Å². The largest absolute Gasteiger partial charge is 0.493 e. The molecule has 11 heteroatoms. The van der Waals surface area contributed by atoms with E-state index in [9.17, 15) is 14.7 Å². The molecule has 1 aromatic heterocycles. The molecule has 1 N–H and O–H groups in total. The molecule has 1 aromatic carbocycles. The average Bonchev–Trinajstić information content (AvgIpc) is 3.64. The van der Waals surface area contributed by atoms with Gasteiger partial charge in [0, 0.05) is 31.5 Å². The quantitative estimate of drug-likeness (QED) is 0.396. The lowest BCUT2D eigenvalue weighted by Crippen LogP contribution is -2.44. The predicted molar refractivity (Wildman–Crippen MR) is 131 cm³/mol. The summed E-state index contributed by atoms with van der Waals surface area (Å²) in [6.07, 6.45) is 5.51. The topological polar surface area (TPSA) is 124 Å². The van der Waals surface area contributed by atoms with Crippen LogP contribution < -0.4 is 14.2 Å². The van der Waals surface area contributed by atoms with Gasteiger partial charge in [-0.25, -0.2) is 10.0 Å². The van der Waals surface area contributed by atoms with E-state index in [1.54, 1.807) is 12.3 Å². The normalized spacial score (nSPS) is 20.8. The number of aromatic nitrogens is 1. The summed E-state index contributed by atoms with van der Waals surface area (Å²) in [6, 6.07) is 3.19. The number of hydrogen-bond acceptors (Lipinski definition) is 9. The Kier molecular flexibility index (Phi) is 8.88. The first kappa shape index (κ1) is 26.7. The molecule has 2 aliphatic rings. The molecule has 1 saturated heterocycles. The molecule has 2 aliphatic heterocycles. The van der Waals surface area contributed by atoms with Crippen molar-refractivity contribution in [3.63, 3.8) is 0 Å². The lowest BCUT2D eigenvalue weighted by atomic mass is 9.83. The van der Waals surface area contributed by atoms with Gasteiger partial charge in [-0.05, 0) is 37.0 Å². The van der Waals surface area contributed by atoms with Gasteiger partial charge in [0.15, 0.2) is 17.4 Å². The minimum absolute atomic E-state index is 0.0436. The number of nitrogens with zero attached hydrogens (tertiary/aromatic N) is 3. The summed E-state index contributed by atoms with van der Waals surface area (Å²) in [4.78, 5) is 37.8. The maximum atomic E-state index is 13.3. The van der Waals surface area contributed by atoms with Gasteiger partial charge in [-0.1, -0.05) is 13.8 Å². The molecule has 0 spiro atoms. The predicted octanol–water partition coefficient (Wildman–Crippen LogP) is 3.09. The number of methoxy groups -OCH3 is 1. The highest BCUT2D eigenvalue weighted by Gasteiger charge is 2.47. The molecule has 37 heavy (non-hydrogen) atoms. The number of amides is 1. The summed E-state index contributed by atoms with van der Waals surface area (Å²) in [5.74, 6) is -0.252. The first-order chi connectivity index (χ1) is 18.0. The van der Waals surface area contributed by atoms with E-state index in [-0.39, 0.29) is 19.2 Å². The molecule has 0 aliphatic carbocycles. The molecule has 0 saturated carbocycles. The van der Waals surface area contributed by atoms with Crippen LogP contribution in [0.4, 0.5) is 0 Å².